The van der Waals surface area contributed by atoms with Crippen molar-refractivity contribution in [2.45, 2.75) is 25.3 Å². The number of hydrogen-bond acceptors (Lipinski definition) is 4. The van der Waals surface area contributed by atoms with Crippen LogP contribution >= 0.6 is 0 Å². The summed E-state index contributed by atoms with van der Waals surface area (Å²) in [7, 11) is 0. The molecule has 0 aromatic rings. The monoisotopic (exact) mass is 286 g/mol. The highest BCUT2D eigenvalue weighted by atomic mass is 16.4. The predicted molar refractivity (Wildman–Crippen MR) is 67.3 cm³/mol. The first kappa shape index (κ1) is 15.7. The normalized spacial score (nSPS) is 20.0. The molecule has 0 saturated carbocycles. The largest absolute Gasteiger partial charge is 0.480 e. The van der Waals surface area contributed by atoms with Crippen molar-refractivity contribution in [1.82, 2.24) is 10.2 Å². The van der Waals surface area contributed by atoms with Crippen LogP contribution in [0.3, 0.4) is 0 Å². The fourth-order valence-electron chi connectivity index (χ4n) is 2.08. The summed E-state index contributed by atoms with van der Waals surface area (Å²) in [6, 6.07) is -1.97. The molecule has 4 amide bonds. The minimum Gasteiger partial charge on any atom is -0.480 e. The summed E-state index contributed by atoms with van der Waals surface area (Å²) < 4.78 is 0. The summed E-state index contributed by atoms with van der Waals surface area (Å²) in [4.78, 5) is 46.0. The predicted octanol–water partition coefficient (Wildman–Crippen LogP) is -1.78. The van der Waals surface area contributed by atoms with E-state index in [1.807, 2.05) is 0 Å². The molecule has 112 valence electrons. The van der Waals surface area contributed by atoms with E-state index >= 15 is 0 Å². The lowest BCUT2D eigenvalue weighted by molar-refractivity contribution is -0.144. The maximum absolute atomic E-state index is 12.0. The van der Waals surface area contributed by atoms with Crippen molar-refractivity contribution >= 4 is 23.8 Å². The maximum Gasteiger partial charge on any atom is 0.326 e. The Labute approximate surface area is 115 Å². The molecular formula is C11H18N4O5. The number of amides is 4. The Kier molecular flexibility index (Phi) is 5.30. The zero-order valence-corrected chi connectivity index (χ0v) is 10.9. The second kappa shape index (κ2) is 6.73. The summed E-state index contributed by atoms with van der Waals surface area (Å²) in [6.45, 7) is 0.618. The minimum atomic E-state index is -1.36. The van der Waals surface area contributed by atoms with Crippen molar-refractivity contribution < 1.29 is 24.3 Å². The van der Waals surface area contributed by atoms with Crippen LogP contribution in [0.4, 0.5) is 4.79 Å². The number of carboxylic acids is 1. The highest BCUT2D eigenvalue weighted by molar-refractivity contribution is 5.89. The van der Waals surface area contributed by atoms with Gasteiger partial charge in [0, 0.05) is 13.1 Å². The van der Waals surface area contributed by atoms with Gasteiger partial charge in [0.2, 0.25) is 11.8 Å². The molecule has 0 aliphatic carbocycles. The minimum absolute atomic E-state index is 0.143. The first-order valence-electron chi connectivity index (χ1n) is 6.17. The Morgan fingerprint density at radius 2 is 1.95 bits per heavy atom. The molecule has 1 heterocycles. The third-order valence-electron chi connectivity index (χ3n) is 3.12. The van der Waals surface area contributed by atoms with Gasteiger partial charge in [-0.25, -0.2) is 9.59 Å². The number of nitrogens with one attached hydrogen (secondary N) is 1. The van der Waals surface area contributed by atoms with Crippen LogP contribution in [0.15, 0.2) is 0 Å². The molecule has 1 saturated heterocycles. The van der Waals surface area contributed by atoms with Crippen LogP contribution in [0.1, 0.15) is 19.3 Å². The smallest absolute Gasteiger partial charge is 0.326 e. The van der Waals surface area contributed by atoms with E-state index in [-0.39, 0.29) is 6.54 Å². The van der Waals surface area contributed by atoms with Gasteiger partial charge in [-0.15, -0.1) is 0 Å². The molecule has 1 rings (SSSR count). The van der Waals surface area contributed by atoms with Gasteiger partial charge in [-0.05, 0) is 12.8 Å². The molecule has 2 atom stereocenters. The zero-order chi connectivity index (χ0) is 15.3. The molecule has 0 spiro atoms. The number of hydrogen-bond donors (Lipinski definition) is 4. The summed E-state index contributed by atoms with van der Waals surface area (Å²) in [6.07, 6.45) is 0.653. The van der Waals surface area contributed by atoms with Crippen LogP contribution in [0, 0.1) is 5.92 Å². The van der Waals surface area contributed by atoms with E-state index in [2.05, 4.69) is 5.32 Å². The number of aliphatic carboxylic acids is 1. The van der Waals surface area contributed by atoms with Crippen molar-refractivity contribution in [3.05, 3.63) is 0 Å². The Bertz CT molecular complexity index is 425. The van der Waals surface area contributed by atoms with Gasteiger partial charge in [0.1, 0.15) is 6.04 Å². The average Bonchev–Trinajstić information content (AvgIpc) is 2.37. The second-order valence-corrected chi connectivity index (χ2v) is 4.69. The van der Waals surface area contributed by atoms with Gasteiger partial charge < -0.3 is 26.8 Å². The third kappa shape index (κ3) is 4.41. The van der Waals surface area contributed by atoms with Crippen LogP contribution in [0.25, 0.3) is 0 Å². The molecule has 6 N–H and O–H groups in total. The summed E-state index contributed by atoms with van der Waals surface area (Å²) in [5.74, 6) is -3.21. The van der Waals surface area contributed by atoms with Crippen LogP contribution < -0.4 is 16.8 Å². The van der Waals surface area contributed by atoms with Crippen molar-refractivity contribution in [3.63, 3.8) is 0 Å². The molecular weight excluding hydrogens is 268 g/mol. The number of nitrogens with zero attached hydrogens (tertiary/aromatic N) is 1. The fourth-order valence-corrected chi connectivity index (χ4v) is 2.08. The van der Waals surface area contributed by atoms with E-state index in [9.17, 15) is 19.2 Å². The van der Waals surface area contributed by atoms with Gasteiger partial charge >= 0.3 is 12.0 Å². The number of nitrogens with two attached hydrogens (primary N) is 2. The topological polar surface area (TPSA) is 156 Å². The number of carbonyl (C=O) groups excluding carboxylic acids is 3. The van der Waals surface area contributed by atoms with Gasteiger partial charge in [0.25, 0.3) is 0 Å². The maximum atomic E-state index is 12.0. The molecule has 9 nitrogen and oxygen atoms in total. The molecule has 1 aliphatic rings. The number of piperidine rings is 1. The Morgan fingerprint density at radius 1 is 1.30 bits per heavy atom. The van der Waals surface area contributed by atoms with E-state index < -0.39 is 42.2 Å². The SMILES string of the molecule is NC(=O)CC(NC(=O)C1CCCN(C(N)=O)C1)C(=O)O. The van der Waals surface area contributed by atoms with Crippen molar-refractivity contribution in [3.8, 4) is 0 Å². The van der Waals surface area contributed by atoms with Gasteiger partial charge in [0.15, 0.2) is 0 Å². The van der Waals surface area contributed by atoms with Gasteiger partial charge in [-0.1, -0.05) is 0 Å². The lowest BCUT2D eigenvalue weighted by Gasteiger charge is -2.31. The Morgan fingerprint density at radius 3 is 2.45 bits per heavy atom. The van der Waals surface area contributed by atoms with Crippen molar-refractivity contribution in [1.29, 1.82) is 0 Å². The first-order valence-corrected chi connectivity index (χ1v) is 6.17. The number of likely N-dealkylation sites (tertiary alicyclic amines) is 1. The van der Waals surface area contributed by atoms with Crippen LogP contribution in [-0.2, 0) is 14.4 Å². The van der Waals surface area contributed by atoms with E-state index in [1.54, 1.807) is 0 Å². The highest BCUT2D eigenvalue weighted by Crippen LogP contribution is 2.16. The zero-order valence-electron chi connectivity index (χ0n) is 10.9. The van der Waals surface area contributed by atoms with Gasteiger partial charge in [0.05, 0.1) is 12.3 Å². The van der Waals surface area contributed by atoms with Gasteiger partial charge in [-0.3, -0.25) is 9.59 Å². The first-order chi connectivity index (χ1) is 9.31. The molecule has 20 heavy (non-hydrogen) atoms. The lowest BCUT2D eigenvalue weighted by atomic mass is 9.97. The number of rotatable bonds is 5. The summed E-state index contributed by atoms with van der Waals surface area (Å²) >= 11 is 0. The highest BCUT2D eigenvalue weighted by Gasteiger charge is 2.30. The number of urea groups is 1. The van der Waals surface area contributed by atoms with Gasteiger partial charge in [-0.2, -0.15) is 0 Å². The second-order valence-electron chi connectivity index (χ2n) is 4.69. The number of primary amides is 2. The molecule has 0 aromatic heterocycles. The van der Waals surface area contributed by atoms with Crippen molar-refractivity contribution in [2.75, 3.05) is 13.1 Å². The fraction of sp³-hybridized carbons (Fsp3) is 0.636. The standard InChI is InChI=1S/C11H18N4O5/c12-8(16)4-7(10(18)19)14-9(17)6-2-1-3-15(5-6)11(13)20/h6-7H,1-5H2,(H2,12,16)(H2,13,20)(H,14,17)(H,18,19). The van der Waals surface area contributed by atoms with Crippen LogP contribution in [0.5, 0.6) is 0 Å². The molecule has 0 radical (unpaired) electrons. The van der Waals surface area contributed by atoms with Crippen LogP contribution in [-0.4, -0.2) is 53.0 Å². The Hall–Kier alpha value is -2.32. The van der Waals surface area contributed by atoms with E-state index in [1.165, 1.54) is 4.90 Å². The quantitative estimate of drug-likeness (QED) is 0.470. The van der Waals surface area contributed by atoms with E-state index in [4.69, 9.17) is 16.6 Å². The molecule has 0 bridgehead atoms. The van der Waals surface area contributed by atoms with E-state index in [0.717, 1.165) is 0 Å². The molecule has 9 heteroatoms. The lowest BCUT2D eigenvalue weighted by Crippen LogP contribution is -2.51. The van der Waals surface area contributed by atoms with Crippen LogP contribution in [0.2, 0.25) is 0 Å². The number of carbonyl (C=O) groups is 4. The van der Waals surface area contributed by atoms with Crippen molar-refractivity contribution in [2.24, 2.45) is 17.4 Å². The molecule has 2 unspecified atom stereocenters. The molecule has 1 aliphatic heterocycles. The molecule has 0 aromatic carbocycles. The summed E-state index contributed by atoms with van der Waals surface area (Å²) in [5, 5.41) is 11.2. The Balaban J connectivity index is 2.61. The van der Waals surface area contributed by atoms with E-state index in [0.29, 0.717) is 19.4 Å². The third-order valence-corrected chi connectivity index (χ3v) is 3.12. The average molecular weight is 286 g/mol. The molecule has 1 fully saturated rings. The number of carboxylic acid groups (broad SMARTS) is 1. The summed E-state index contributed by atoms with van der Waals surface area (Å²) in [5.41, 5.74) is 10.1.